The monoisotopic (exact) mass is 178 g/mol. The Morgan fingerprint density at radius 2 is 2.45 bits per heavy atom. The summed E-state index contributed by atoms with van der Waals surface area (Å²) in [6.07, 6.45) is 3.49. The first-order valence-electron chi connectivity index (χ1n) is 4.16. The Labute approximate surface area is 72.8 Å². The van der Waals surface area contributed by atoms with E-state index >= 15 is 0 Å². The molecule has 1 fully saturated rings. The standard InChI is InChI=1S/C8H15ClO2/c1-7(6-9)11-8-4-2-3-5-10-8/h7-8H,2-6H2,1H3/t7-,8-/m0/s1. The van der Waals surface area contributed by atoms with Crippen LogP contribution in [0, 0.1) is 0 Å². The molecule has 3 heteroatoms. The quantitative estimate of drug-likeness (QED) is 0.617. The van der Waals surface area contributed by atoms with Gasteiger partial charge in [-0.05, 0) is 26.2 Å². The molecule has 66 valence electrons. The molecule has 0 radical (unpaired) electrons. The molecule has 0 aliphatic carbocycles. The Hall–Kier alpha value is 0.210. The van der Waals surface area contributed by atoms with Gasteiger partial charge in [0.25, 0.3) is 0 Å². The van der Waals surface area contributed by atoms with Gasteiger partial charge in [-0.2, -0.15) is 0 Å². The third kappa shape index (κ3) is 3.41. The molecular weight excluding hydrogens is 164 g/mol. The van der Waals surface area contributed by atoms with Crippen molar-refractivity contribution in [2.24, 2.45) is 0 Å². The van der Waals surface area contributed by atoms with Crippen molar-refractivity contribution in [1.29, 1.82) is 0 Å². The van der Waals surface area contributed by atoms with E-state index in [-0.39, 0.29) is 12.4 Å². The lowest BCUT2D eigenvalue weighted by atomic mass is 10.2. The van der Waals surface area contributed by atoms with Gasteiger partial charge < -0.3 is 9.47 Å². The molecule has 1 aliphatic rings. The van der Waals surface area contributed by atoms with Crippen molar-refractivity contribution in [2.45, 2.75) is 38.6 Å². The van der Waals surface area contributed by atoms with E-state index in [1.807, 2.05) is 6.92 Å². The van der Waals surface area contributed by atoms with Gasteiger partial charge in [0.1, 0.15) is 0 Å². The summed E-state index contributed by atoms with van der Waals surface area (Å²) in [5, 5.41) is 0. The van der Waals surface area contributed by atoms with Gasteiger partial charge in [0.2, 0.25) is 0 Å². The molecule has 1 heterocycles. The Bertz CT molecular complexity index is 102. The number of hydrogen-bond donors (Lipinski definition) is 0. The largest absolute Gasteiger partial charge is 0.353 e. The lowest BCUT2D eigenvalue weighted by Crippen LogP contribution is -2.27. The summed E-state index contributed by atoms with van der Waals surface area (Å²) in [4.78, 5) is 0. The molecule has 0 unspecified atom stereocenters. The van der Waals surface area contributed by atoms with Crippen LogP contribution in [0.2, 0.25) is 0 Å². The summed E-state index contributed by atoms with van der Waals surface area (Å²) in [6, 6.07) is 0. The Morgan fingerprint density at radius 1 is 1.64 bits per heavy atom. The van der Waals surface area contributed by atoms with Crippen LogP contribution in [0.4, 0.5) is 0 Å². The average molecular weight is 179 g/mol. The van der Waals surface area contributed by atoms with E-state index in [1.54, 1.807) is 0 Å². The van der Waals surface area contributed by atoms with Gasteiger partial charge >= 0.3 is 0 Å². The summed E-state index contributed by atoms with van der Waals surface area (Å²) in [5.74, 6) is 0.542. The summed E-state index contributed by atoms with van der Waals surface area (Å²) in [7, 11) is 0. The molecule has 0 aromatic rings. The van der Waals surface area contributed by atoms with Crippen molar-refractivity contribution >= 4 is 11.6 Å². The zero-order valence-corrected chi connectivity index (χ0v) is 7.64. The van der Waals surface area contributed by atoms with E-state index < -0.39 is 0 Å². The highest BCUT2D eigenvalue weighted by molar-refractivity contribution is 6.18. The molecular formula is C8H15ClO2. The minimum Gasteiger partial charge on any atom is -0.353 e. The molecule has 1 saturated heterocycles. The fraction of sp³-hybridized carbons (Fsp3) is 1.00. The fourth-order valence-electron chi connectivity index (χ4n) is 1.11. The topological polar surface area (TPSA) is 18.5 Å². The van der Waals surface area contributed by atoms with Gasteiger partial charge in [-0.15, -0.1) is 11.6 Å². The second kappa shape index (κ2) is 4.96. The summed E-state index contributed by atoms with van der Waals surface area (Å²) < 4.78 is 10.9. The van der Waals surface area contributed by atoms with E-state index in [0.717, 1.165) is 19.4 Å². The highest BCUT2D eigenvalue weighted by Crippen LogP contribution is 2.15. The molecule has 0 bridgehead atoms. The lowest BCUT2D eigenvalue weighted by Gasteiger charge is -2.25. The van der Waals surface area contributed by atoms with Gasteiger partial charge in [-0.1, -0.05) is 0 Å². The van der Waals surface area contributed by atoms with Gasteiger partial charge in [0.05, 0.1) is 6.10 Å². The van der Waals surface area contributed by atoms with Crippen LogP contribution in [0.5, 0.6) is 0 Å². The Morgan fingerprint density at radius 3 is 3.00 bits per heavy atom. The number of alkyl halides is 1. The SMILES string of the molecule is C[C@@H](CCl)O[C@H]1CCCCO1. The van der Waals surface area contributed by atoms with Crippen molar-refractivity contribution in [2.75, 3.05) is 12.5 Å². The minimum atomic E-state index is -0.00231. The molecule has 0 spiro atoms. The van der Waals surface area contributed by atoms with Gasteiger partial charge in [-0.25, -0.2) is 0 Å². The molecule has 0 aromatic heterocycles. The Kier molecular flexibility index (Phi) is 4.20. The van der Waals surface area contributed by atoms with Crippen LogP contribution in [0.1, 0.15) is 26.2 Å². The zero-order chi connectivity index (χ0) is 8.10. The smallest absolute Gasteiger partial charge is 0.157 e. The van der Waals surface area contributed by atoms with E-state index in [2.05, 4.69) is 0 Å². The third-order valence-electron chi connectivity index (χ3n) is 1.74. The summed E-state index contributed by atoms with van der Waals surface area (Å²) in [5.41, 5.74) is 0. The maximum absolute atomic E-state index is 5.59. The number of hydrogen-bond acceptors (Lipinski definition) is 2. The highest BCUT2D eigenvalue weighted by atomic mass is 35.5. The van der Waals surface area contributed by atoms with Crippen LogP contribution in [0.25, 0.3) is 0 Å². The van der Waals surface area contributed by atoms with Crippen molar-refractivity contribution in [3.05, 3.63) is 0 Å². The molecule has 0 saturated carbocycles. The third-order valence-corrected chi connectivity index (χ3v) is 2.17. The van der Waals surface area contributed by atoms with Crippen molar-refractivity contribution in [3.8, 4) is 0 Å². The van der Waals surface area contributed by atoms with Gasteiger partial charge in [0, 0.05) is 12.5 Å². The fourth-order valence-corrected chi connectivity index (χ4v) is 1.19. The average Bonchev–Trinajstić information content (AvgIpc) is 2.06. The number of ether oxygens (including phenoxy) is 2. The predicted octanol–water partition coefficient (Wildman–Crippen LogP) is 2.16. The molecule has 11 heavy (non-hydrogen) atoms. The molecule has 2 atom stereocenters. The second-order valence-electron chi connectivity index (χ2n) is 2.90. The van der Waals surface area contributed by atoms with Gasteiger partial charge in [-0.3, -0.25) is 0 Å². The number of rotatable bonds is 3. The molecule has 1 rings (SSSR count). The first-order valence-corrected chi connectivity index (χ1v) is 4.69. The maximum atomic E-state index is 5.59. The molecule has 0 amide bonds. The van der Waals surface area contributed by atoms with Crippen LogP contribution < -0.4 is 0 Å². The van der Waals surface area contributed by atoms with Crippen LogP contribution in [-0.4, -0.2) is 24.9 Å². The predicted molar refractivity (Wildman–Crippen MR) is 44.9 cm³/mol. The van der Waals surface area contributed by atoms with Gasteiger partial charge in [0.15, 0.2) is 6.29 Å². The normalized spacial score (nSPS) is 28.4. The summed E-state index contributed by atoms with van der Waals surface area (Å²) in [6.45, 7) is 2.80. The highest BCUT2D eigenvalue weighted by Gasteiger charge is 2.16. The van der Waals surface area contributed by atoms with Crippen LogP contribution in [0.3, 0.4) is 0 Å². The van der Waals surface area contributed by atoms with E-state index in [0.29, 0.717) is 5.88 Å². The first kappa shape index (κ1) is 9.30. The molecule has 0 aromatic carbocycles. The maximum Gasteiger partial charge on any atom is 0.157 e. The van der Waals surface area contributed by atoms with E-state index in [1.165, 1.54) is 6.42 Å². The van der Waals surface area contributed by atoms with Crippen molar-refractivity contribution in [1.82, 2.24) is 0 Å². The van der Waals surface area contributed by atoms with E-state index in [4.69, 9.17) is 21.1 Å². The van der Waals surface area contributed by atoms with Crippen LogP contribution in [0.15, 0.2) is 0 Å². The summed E-state index contributed by atoms with van der Waals surface area (Å²) >= 11 is 5.59. The minimum absolute atomic E-state index is 0.00231. The van der Waals surface area contributed by atoms with Crippen molar-refractivity contribution in [3.63, 3.8) is 0 Å². The molecule has 2 nitrogen and oxygen atoms in total. The van der Waals surface area contributed by atoms with Crippen LogP contribution in [-0.2, 0) is 9.47 Å². The molecule has 0 N–H and O–H groups in total. The first-order chi connectivity index (χ1) is 5.33. The molecule has 1 aliphatic heterocycles. The second-order valence-corrected chi connectivity index (χ2v) is 3.21. The Balaban J connectivity index is 2.13. The van der Waals surface area contributed by atoms with E-state index in [9.17, 15) is 0 Å². The lowest BCUT2D eigenvalue weighted by molar-refractivity contribution is -0.179. The number of halogens is 1. The van der Waals surface area contributed by atoms with Crippen molar-refractivity contribution < 1.29 is 9.47 Å². The zero-order valence-electron chi connectivity index (χ0n) is 6.88. The van der Waals surface area contributed by atoms with Crippen LogP contribution >= 0.6 is 11.6 Å².